The molecule has 22 heavy (non-hydrogen) atoms. The molecule has 0 bridgehead atoms. The van der Waals surface area contributed by atoms with E-state index in [1.54, 1.807) is 0 Å². The SMILES string of the molecule is C=Cc1ccc(S(=O)(=O)CCOS(=O)(=O)O)cc1S(=O)(=O)O. The van der Waals surface area contributed by atoms with Crippen molar-refractivity contribution in [2.45, 2.75) is 9.79 Å². The Kier molecular flexibility index (Phi) is 5.48. The summed E-state index contributed by atoms with van der Waals surface area (Å²) in [6.07, 6.45) is 1.11. The second kappa shape index (κ2) is 6.44. The minimum atomic E-state index is -4.78. The number of benzene rings is 1. The molecule has 0 aliphatic heterocycles. The molecule has 9 nitrogen and oxygen atoms in total. The van der Waals surface area contributed by atoms with Crippen LogP contribution in [-0.4, -0.2) is 46.7 Å². The van der Waals surface area contributed by atoms with E-state index >= 15 is 0 Å². The highest BCUT2D eigenvalue weighted by Crippen LogP contribution is 2.22. The lowest BCUT2D eigenvalue weighted by atomic mass is 10.2. The molecule has 0 atom stereocenters. The van der Waals surface area contributed by atoms with Gasteiger partial charge in [0.05, 0.1) is 17.3 Å². The van der Waals surface area contributed by atoms with Gasteiger partial charge in [0.15, 0.2) is 9.84 Å². The molecular weight excluding hydrogens is 360 g/mol. The van der Waals surface area contributed by atoms with Crippen LogP contribution in [0.2, 0.25) is 0 Å². The average molecular weight is 372 g/mol. The number of rotatable bonds is 7. The Morgan fingerprint density at radius 3 is 2.14 bits per heavy atom. The number of hydrogen-bond acceptors (Lipinski definition) is 7. The summed E-state index contributed by atoms with van der Waals surface area (Å²) in [6.45, 7) is 2.48. The zero-order valence-corrected chi connectivity index (χ0v) is 13.4. The minimum absolute atomic E-state index is 0.00404. The molecule has 0 aliphatic rings. The van der Waals surface area contributed by atoms with Crippen LogP contribution in [0.1, 0.15) is 5.56 Å². The molecule has 0 radical (unpaired) electrons. The lowest BCUT2D eigenvalue weighted by Gasteiger charge is -2.08. The summed E-state index contributed by atoms with van der Waals surface area (Å²) in [4.78, 5) is -1.12. The van der Waals surface area contributed by atoms with Crippen LogP contribution >= 0.6 is 0 Å². The van der Waals surface area contributed by atoms with Crippen molar-refractivity contribution in [2.75, 3.05) is 12.4 Å². The van der Waals surface area contributed by atoms with Gasteiger partial charge in [-0.25, -0.2) is 12.6 Å². The lowest BCUT2D eigenvalue weighted by molar-refractivity contribution is 0.284. The third kappa shape index (κ3) is 5.15. The van der Waals surface area contributed by atoms with E-state index in [4.69, 9.17) is 9.11 Å². The first-order valence-corrected chi connectivity index (χ1v) is 9.91. The van der Waals surface area contributed by atoms with Crippen molar-refractivity contribution in [1.82, 2.24) is 0 Å². The first kappa shape index (κ1) is 18.7. The van der Waals surface area contributed by atoms with Gasteiger partial charge in [0.25, 0.3) is 10.1 Å². The van der Waals surface area contributed by atoms with Gasteiger partial charge in [0.2, 0.25) is 0 Å². The Balaban J connectivity index is 3.19. The summed E-state index contributed by atoms with van der Waals surface area (Å²) in [5.74, 6) is -0.828. The van der Waals surface area contributed by atoms with Crippen LogP contribution in [0, 0.1) is 0 Å². The lowest BCUT2D eigenvalue weighted by Crippen LogP contribution is -2.16. The van der Waals surface area contributed by atoms with Crippen molar-refractivity contribution in [3.8, 4) is 0 Å². The second-order valence-electron chi connectivity index (χ2n) is 3.95. The molecular formula is C10H12O9S3. The van der Waals surface area contributed by atoms with E-state index in [-0.39, 0.29) is 5.56 Å². The van der Waals surface area contributed by atoms with Crippen molar-refractivity contribution in [1.29, 1.82) is 0 Å². The predicted octanol–water partition coefficient (Wildman–Crippen LogP) is 0.169. The van der Waals surface area contributed by atoms with E-state index in [2.05, 4.69) is 10.8 Å². The fourth-order valence-electron chi connectivity index (χ4n) is 1.47. The number of sulfone groups is 1. The summed E-state index contributed by atoms with van der Waals surface area (Å²) in [7, 11) is -13.6. The molecule has 0 amide bonds. The molecule has 12 heteroatoms. The van der Waals surface area contributed by atoms with Gasteiger partial charge < -0.3 is 0 Å². The Hall–Kier alpha value is -1.31. The van der Waals surface area contributed by atoms with Gasteiger partial charge in [0, 0.05) is 0 Å². The highest BCUT2D eigenvalue weighted by Gasteiger charge is 2.21. The second-order valence-corrected chi connectivity index (χ2v) is 8.54. The van der Waals surface area contributed by atoms with Gasteiger partial charge in [-0.3, -0.25) is 9.11 Å². The maximum atomic E-state index is 11.9. The third-order valence-corrected chi connectivity index (χ3v) is 5.48. The standard InChI is InChI=1S/C10H12O9S3/c1-2-8-3-4-9(7-10(8)21(13,14)15)20(11,12)6-5-19-22(16,17)18/h2-4,7H,1,5-6H2,(H,13,14,15)(H,16,17,18). The third-order valence-electron chi connectivity index (χ3n) is 2.43. The molecule has 0 aromatic heterocycles. The Labute approximate surface area is 127 Å². The molecule has 124 valence electrons. The van der Waals surface area contributed by atoms with Crippen LogP contribution in [0.3, 0.4) is 0 Å². The normalized spacial score (nSPS) is 13.0. The van der Waals surface area contributed by atoms with E-state index in [0.29, 0.717) is 0 Å². The summed E-state index contributed by atoms with van der Waals surface area (Å²) in [5, 5.41) is 0. The monoisotopic (exact) mass is 372 g/mol. The molecule has 0 saturated carbocycles. The van der Waals surface area contributed by atoms with Crippen molar-refractivity contribution in [3.05, 3.63) is 30.3 Å². The van der Waals surface area contributed by atoms with Gasteiger partial charge in [-0.15, -0.1) is 0 Å². The van der Waals surface area contributed by atoms with Crippen LogP contribution in [0.25, 0.3) is 6.08 Å². The Bertz CT molecular complexity index is 880. The molecule has 2 N–H and O–H groups in total. The smallest absolute Gasteiger partial charge is 0.282 e. The first-order chi connectivity index (χ1) is 9.87. The fourth-order valence-corrected chi connectivity index (χ4v) is 3.78. The van der Waals surface area contributed by atoms with Gasteiger partial charge >= 0.3 is 10.4 Å². The maximum Gasteiger partial charge on any atom is 0.397 e. The predicted molar refractivity (Wildman–Crippen MR) is 75.9 cm³/mol. The van der Waals surface area contributed by atoms with Crippen LogP contribution in [0.4, 0.5) is 0 Å². The quantitative estimate of drug-likeness (QED) is 0.638. The van der Waals surface area contributed by atoms with Crippen molar-refractivity contribution < 1.29 is 38.5 Å². The van der Waals surface area contributed by atoms with Crippen LogP contribution < -0.4 is 0 Å². The van der Waals surface area contributed by atoms with Gasteiger partial charge in [-0.05, 0) is 17.7 Å². The Morgan fingerprint density at radius 2 is 1.68 bits per heavy atom. The largest absolute Gasteiger partial charge is 0.397 e. The zero-order chi connectivity index (χ0) is 17.2. The van der Waals surface area contributed by atoms with Crippen LogP contribution in [0.5, 0.6) is 0 Å². The van der Waals surface area contributed by atoms with E-state index in [1.165, 1.54) is 0 Å². The average Bonchev–Trinajstić information content (AvgIpc) is 2.35. The van der Waals surface area contributed by atoms with Crippen LogP contribution in [-0.2, 0) is 34.5 Å². The van der Waals surface area contributed by atoms with Crippen molar-refractivity contribution >= 4 is 36.4 Å². The zero-order valence-electron chi connectivity index (χ0n) is 10.9. The topological polar surface area (TPSA) is 152 Å². The molecule has 1 aromatic carbocycles. The van der Waals surface area contributed by atoms with Gasteiger partial charge in [-0.2, -0.15) is 16.8 Å². The van der Waals surface area contributed by atoms with Crippen LogP contribution in [0.15, 0.2) is 34.6 Å². The van der Waals surface area contributed by atoms with E-state index in [9.17, 15) is 25.3 Å². The van der Waals surface area contributed by atoms with Gasteiger partial charge in [0.1, 0.15) is 4.90 Å². The number of hydrogen-bond donors (Lipinski definition) is 2. The molecule has 1 rings (SSSR count). The molecule has 0 fully saturated rings. The van der Waals surface area contributed by atoms with Crippen molar-refractivity contribution in [3.63, 3.8) is 0 Å². The summed E-state index contributed by atoms with van der Waals surface area (Å²) in [6, 6.07) is 2.90. The molecule has 0 spiro atoms. The molecule has 0 heterocycles. The Morgan fingerprint density at radius 1 is 1.09 bits per heavy atom. The molecule has 0 saturated heterocycles. The minimum Gasteiger partial charge on any atom is -0.282 e. The maximum absolute atomic E-state index is 11.9. The molecule has 0 aliphatic carbocycles. The summed E-state index contributed by atoms with van der Waals surface area (Å²) < 4.78 is 88.3. The highest BCUT2D eigenvalue weighted by molar-refractivity contribution is 7.91. The summed E-state index contributed by atoms with van der Waals surface area (Å²) >= 11 is 0. The van der Waals surface area contributed by atoms with Gasteiger partial charge in [-0.1, -0.05) is 18.7 Å². The van der Waals surface area contributed by atoms with Crippen molar-refractivity contribution in [2.24, 2.45) is 0 Å². The fraction of sp³-hybridized carbons (Fsp3) is 0.200. The molecule has 1 aromatic rings. The summed E-state index contributed by atoms with van der Waals surface area (Å²) in [5.41, 5.74) is -0.00404. The first-order valence-electron chi connectivity index (χ1n) is 5.45. The van der Waals surface area contributed by atoms with E-state index < -0.39 is 52.5 Å². The van der Waals surface area contributed by atoms with E-state index in [1.807, 2.05) is 0 Å². The van der Waals surface area contributed by atoms with E-state index in [0.717, 1.165) is 24.3 Å². The highest BCUT2D eigenvalue weighted by atomic mass is 32.3. The molecule has 0 unspecified atom stereocenters.